The van der Waals surface area contributed by atoms with Crippen LogP contribution < -0.4 is 9.47 Å². The maximum absolute atomic E-state index is 12.2. The molecule has 14 heteroatoms. The molecule has 0 radical (unpaired) electrons. The number of hydrogen-bond donors (Lipinski definition) is 0. The van der Waals surface area contributed by atoms with Gasteiger partial charge in [0.05, 0.1) is 42.6 Å². The maximum atomic E-state index is 12.2. The second-order valence-electron chi connectivity index (χ2n) is 8.41. The van der Waals surface area contributed by atoms with Crippen molar-refractivity contribution in [2.75, 3.05) is 20.3 Å². The van der Waals surface area contributed by atoms with Crippen LogP contribution in [0.2, 0.25) is 0 Å². The fraction of sp³-hybridized carbons (Fsp3) is 0.375. The van der Waals surface area contributed by atoms with E-state index in [1.165, 1.54) is 36.1 Å². The molecule has 0 saturated carbocycles. The highest BCUT2D eigenvalue weighted by atomic mass is 16.7. The van der Waals surface area contributed by atoms with E-state index in [4.69, 9.17) is 23.7 Å². The summed E-state index contributed by atoms with van der Waals surface area (Å²) < 4.78 is 28.0. The van der Waals surface area contributed by atoms with E-state index < -0.39 is 11.1 Å². The van der Waals surface area contributed by atoms with Gasteiger partial charge in [0.1, 0.15) is 35.6 Å². The number of esters is 1. The number of aryl methyl sites for hydroxylation is 2. The van der Waals surface area contributed by atoms with E-state index in [0.717, 1.165) is 0 Å². The van der Waals surface area contributed by atoms with Gasteiger partial charge in [-0.15, -0.1) is 5.10 Å². The fourth-order valence-electron chi connectivity index (χ4n) is 3.82. The first-order valence-corrected chi connectivity index (χ1v) is 11.5. The van der Waals surface area contributed by atoms with E-state index in [1.807, 2.05) is 0 Å². The molecule has 2 aromatic heterocycles. The van der Waals surface area contributed by atoms with Crippen molar-refractivity contribution in [3.63, 3.8) is 0 Å². The molecule has 38 heavy (non-hydrogen) atoms. The zero-order chi connectivity index (χ0) is 27.2. The van der Waals surface area contributed by atoms with Gasteiger partial charge in [-0.25, -0.2) is 14.5 Å². The van der Waals surface area contributed by atoms with Crippen LogP contribution in [0.1, 0.15) is 17.8 Å². The van der Waals surface area contributed by atoms with E-state index in [9.17, 15) is 19.7 Å². The molecule has 1 aromatic carbocycles. The molecule has 0 aliphatic carbocycles. The van der Waals surface area contributed by atoms with Crippen LogP contribution in [-0.2, 0) is 32.7 Å². The van der Waals surface area contributed by atoms with Gasteiger partial charge in [-0.1, -0.05) is 5.21 Å². The quantitative estimate of drug-likeness (QED) is 0.182. The van der Waals surface area contributed by atoms with Crippen molar-refractivity contribution in [2.45, 2.75) is 26.1 Å². The molecule has 1 aliphatic rings. The Morgan fingerprint density at radius 3 is 2.63 bits per heavy atom. The van der Waals surface area contributed by atoms with Crippen molar-refractivity contribution in [3.8, 4) is 22.9 Å². The molecular formula is C24H25N5O9. The van der Waals surface area contributed by atoms with E-state index in [1.54, 1.807) is 26.1 Å². The topological polar surface area (TPSA) is 167 Å². The van der Waals surface area contributed by atoms with Crippen molar-refractivity contribution in [1.29, 1.82) is 0 Å². The second-order valence-corrected chi connectivity index (χ2v) is 8.41. The number of nitro benzene ring substituents is 1. The normalized spacial score (nSPS) is 16.9. The number of carbonyl (C=O) groups excluding carboxylic acids is 2. The molecule has 0 bridgehead atoms. The van der Waals surface area contributed by atoms with Gasteiger partial charge in [-0.05, 0) is 31.2 Å². The Bertz CT molecular complexity index is 1330. The molecule has 1 fully saturated rings. The highest BCUT2D eigenvalue weighted by Gasteiger charge is 2.30. The largest absolute Gasteiger partial charge is 0.514 e. The Kier molecular flexibility index (Phi) is 8.11. The monoisotopic (exact) mass is 527 g/mol. The summed E-state index contributed by atoms with van der Waals surface area (Å²) >= 11 is 0. The summed E-state index contributed by atoms with van der Waals surface area (Å²) in [6, 6.07) is 8.45. The number of hydrogen-bond acceptors (Lipinski definition) is 12. The van der Waals surface area contributed by atoms with Crippen LogP contribution in [0.3, 0.4) is 0 Å². The molecule has 0 amide bonds. The molecule has 0 spiro atoms. The lowest BCUT2D eigenvalue weighted by Crippen LogP contribution is -2.37. The molecule has 3 aromatic rings. The molecular weight excluding hydrogens is 502 g/mol. The van der Waals surface area contributed by atoms with Gasteiger partial charge in [0.2, 0.25) is 0 Å². The van der Waals surface area contributed by atoms with Crippen molar-refractivity contribution >= 4 is 17.8 Å². The summed E-state index contributed by atoms with van der Waals surface area (Å²) in [5.74, 6) is -0.0996. The van der Waals surface area contributed by atoms with Crippen molar-refractivity contribution in [1.82, 2.24) is 20.0 Å². The molecule has 1 unspecified atom stereocenters. The lowest BCUT2D eigenvalue weighted by molar-refractivity contribution is -0.384. The highest BCUT2D eigenvalue weighted by Crippen LogP contribution is 2.27. The van der Waals surface area contributed by atoms with E-state index in [2.05, 4.69) is 15.3 Å². The summed E-state index contributed by atoms with van der Waals surface area (Å²) in [4.78, 5) is 38.8. The maximum Gasteiger partial charge on any atom is 0.514 e. The Labute approximate surface area is 216 Å². The zero-order valence-electron chi connectivity index (χ0n) is 20.9. The minimum atomic E-state index is -1.00. The number of pyridine rings is 1. The van der Waals surface area contributed by atoms with Crippen LogP contribution in [0.5, 0.6) is 11.5 Å². The Morgan fingerprint density at radius 2 is 1.95 bits per heavy atom. The third-order valence-electron chi connectivity index (χ3n) is 5.80. The molecule has 1 aliphatic heterocycles. The minimum absolute atomic E-state index is 0.0955. The first-order valence-electron chi connectivity index (χ1n) is 11.5. The average molecular weight is 527 g/mol. The van der Waals surface area contributed by atoms with Gasteiger partial charge in [-0.2, -0.15) is 0 Å². The Balaban J connectivity index is 1.40. The number of aromatic nitrogens is 4. The van der Waals surface area contributed by atoms with Crippen molar-refractivity contribution < 1.29 is 38.2 Å². The molecule has 200 valence electrons. The molecule has 4 rings (SSSR count). The smallest absolute Gasteiger partial charge is 0.486 e. The van der Waals surface area contributed by atoms with E-state index in [0.29, 0.717) is 48.2 Å². The van der Waals surface area contributed by atoms with E-state index in [-0.39, 0.29) is 36.0 Å². The highest BCUT2D eigenvalue weighted by molar-refractivity contribution is 5.72. The molecule has 2 atom stereocenters. The number of nitro groups is 1. The number of methoxy groups -OCH3 is 1. The number of benzene rings is 1. The van der Waals surface area contributed by atoms with Crippen molar-refractivity contribution in [2.24, 2.45) is 13.0 Å². The minimum Gasteiger partial charge on any atom is -0.486 e. The van der Waals surface area contributed by atoms with Gasteiger partial charge < -0.3 is 23.7 Å². The third-order valence-corrected chi connectivity index (χ3v) is 5.80. The zero-order valence-corrected chi connectivity index (χ0v) is 20.9. The molecule has 1 saturated heterocycles. The van der Waals surface area contributed by atoms with Gasteiger partial charge >= 0.3 is 12.1 Å². The van der Waals surface area contributed by atoms with Crippen LogP contribution in [0.4, 0.5) is 10.5 Å². The first-order chi connectivity index (χ1) is 18.2. The summed E-state index contributed by atoms with van der Waals surface area (Å²) in [6.45, 7) is 2.20. The van der Waals surface area contributed by atoms with Crippen molar-refractivity contribution in [3.05, 3.63) is 57.9 Å². The number of ether oxygens (including phenoxy) is 5. The Morgan fingerprint density at radius 1 is 1.18 bits per heavy atom. The lowest BCUT2D eigenvalue weighted by Gasteiger charge is -2.28. The summed E-state index contributed by atoms with van der Waals surface area (Å²) in [6.07, 6.45) is -0.865. The number of carbonyl (C=O) groups is 2. The standard InChI is InChI=1S/C24H25N5O9/c1-14-21(37-18-10-15(11-35-12-18)23(30)34-3)9-8-19(25-14)22-20(28(2)27-26-22)13-36-24(31)38-17-6-4-16(5-7-17)29(32)33/h4-9,15,18H,10-13H2,1-3H3/t15-,18?/m0/s1. The predicted octanol–water partition coefficient (Wildman–Crippen LogP) is 2.77. The van der Waals surface area contributed by atoms with Gasteiger partial charge in [0, 0.05) is 25.6 Å². The van der Waals surface area contributed by atoms with Crippen LogP contribution >= 0.6 is 0 Å². The average Bonchev–Trinajstić information content (AvgIpc) is 3.28. The summed E-state index contributed by atoms with van der Waals surface area (Å²) in [5, 5.41) is 18.9. The molecule has 14 nitrogen and oxygen atoms in total. The van der Waals surface area contributed by atoms with Crippen LogP contribution in [0.15, 0.2) is 36.4 Å². The summed E-state index contributed by atoms with van der Waals surface area (Å²) in [7, 11) is 2.98. The van der Waals surface area contributed by atoms with Gasteiger partial charge in [0.15, 0.2) is 0 Å². The number of nitrogens with zero attached hydrogens (tertiary/aromatic N) is 5. The second kappa shape index (κ2) is 11.6. The lowest BCUT2D eigenvalue weighted by atomic mass is 10.0. The molecule has 0 N–H and O–H groups in total. The van der Waals surface area contributed by atoms with Crippen LogP contribution in [0.25, 0.3) is 11.4 Å². The number of rotatable bonds is 8. The Hall–Kier alpha value is -4.59. The van der Waals surface area contributed by atoms with Gasteiger partial charge in [-0.3, -0.25) is 14.9 Å². The number of non-ortho nitro benzene ring substituents is 1. The van der Waals surface area contributed by atoms with Crippen LogP contribution in [-0.4, -0.2) is 63.5 Å². The summed E-state index contributed by atoms with van der Waals surface area (Å²) in [5.41, 5.74) is 1.80. The predicted molar refractivity (Wildman–Crippen MR) is 128 cm³/mol. The third kappa shape index (κ3) is 6.21. The SMILES string of the molecule is COC(=O)[C@@H]1COCC(Oc2ccc(-c3nnn(C)c3COC(=O)Oc3ccc([N+](=O)[O-])cc3)nc2C)C1. The first kappa shape index (κ1) is 26.5. The van der Waals surface area contributed by atoms with Crippen LogP contribution in [0, 0.1) is 23.0 Å². The fourth-order valence-corrected chi connectivity index (χ4v) is 3.82. The molecule has 3 heterocycles. The van der Waals surface area contributed by atoms with E-state index >= 15 is 0 Å². The van der Waals surface area contributed by atoms with Gasteiger partial charge in [0.25, 0.3) is 5.69 Å².